The molecule has 7 atom stereocenters. The first-order chi connectivity index (χ1) is 9.95. The maximum Gasteiger partial charge on any atom is 0.133 e. The minimum Gasteiger partial charge on any atom is -0.393 e. The van der Waals surface area contributed by atoms with Crippen LogP contribution in [0.1, 0.15) is 71.6 Å². The van der Waals surface area contributed by atoms with Crippen molar-refractivity contribution in [1.82, 2.24) is 0 Å². The summed E-state index contributed by atoms with van der Waals surface area (Å²) in [6.07, 6.45) is 10.1. The number of hydrogen-bond acceptors (Lipinski definition) is 2. The van der Waals surface area contributed by atoms with Gasteiger partial charge in [0.05, 0.1) is 6.10 Å². The van der Waals surface area contributed by atoms with Gasteiger partial charge >= 0.3 is 0 Å². The Hall–Kier alpha value is -0.370. The molecule has 0 spiro atoms. The molecule has 2 heteroatoms. The quantitative estimate of drug-likeness (QED) is 0.733. The minimum atomic E-state index is -0.0815. The molecular weight excluding hydrogens is 260 g/mol. The molecule has 0 unspecified atom stereocenters. The molecule has 0 radical (unpaired) electrons. The summed E-state index contributed by atoms with van der Waals surface area (Å²) in [4.78, 5) is 12.1. The molecule has 4 fully saturated rings. The average molecular weight is 290 g/mol. The van der Waals surface area contributed by atoms with Crippen LogP contribution in [-0.2, 0) is 4.79 Å². The number of carbonyl (C=O) groups is 1. The van der Waals surface area contributed by atoms with Crippen molar-refractivity contribution in [3.05, 3.63) is 0 Å². The van der Waals surface area contributed by atoms with Crippen molar-refractivity contribution in [3.8, 4) is 0 Å². The molecule has 4 rings (SSSR count). The van der Waals surface area contributed by atoms with Gasteiger partial charge in [-0.15, -0.1) is 0 Å². The first-order valence-electron chi connectivity index (χ1n) is 9.15. The van der Waals surface area contributed by atoms with Crippen LogP contribution in [0.15, 0.2) is 0 Å². The van der Waals surface area contributed by atoms with Gasteiger partial charge in [0.15, 0.2) is 0 Å². The van der Waals surface area contributed by atoms with Crippen molar-refractivity contribution < 1.29 is 9.90 Å². The molecule has 0 heterocycles. The van der Waals surface area contributed by atoms with Gasteiger partial charge in [-0.3, -0.25) is 4.79 Å². The van der Waals surface area contributed by atoms with Crippen molar-refractivity contribution >= 4 is 5.78 Å². The van der Waals surface area contributed by atoms with Crippen molar-refractivity contribution in [2.45, 2.75) is 77.7 Å². The van der Waals surface area contributed by atoms with Crippen LogP contribution >= 0.6 is 0 Å². The first-order valence-corrected chi connectivity index (χ1v) is 9.15. The number of hydrogen-bond donors (Lipinski definition) is 1. The maximum atomic E-state index is 12.1. The number of fused-ring (bicyclic) bond motifs is 5. The number of rotatable bonds is 0. The van der Waals surface area contributed by atoms with E-state index in [0.717, 1.165) is 43.4 Å². The zero-order valence-corrected chi connectivity index (χ0v) is 13.6. The van der Waals surface area contributed by atoms with Crippen molar-refractivity contribution in [2.75, 3.05) is 0 Å². The highest BCUT2D eigenvalue weighted by Gasteiger charge is 2.60. The van der Waals surface area contributed by atoms with Crippen LogP contribution in [0.3, 0.4) is 0 Å². The van der Waals surface area contributed by atoms with E-state index in [2.05, 4.69) is 13.8 Å². The molecular formula is C19H30O2. The predicted molar refractivity (Wildman–Crippen MR) is 82.7 cm³/mol. The summed E-state index contributed by atoms with van der Waals surface area (Å²) in [7, 11) is 0. The number of carbonyl (C=O) groups excluding carboxylic acids is 1. The summed E-state index contributed by atoms with van der Waals surface area (Å²) in [5.74, 6) is 3.51. The van der Waals surface area contributed by atoms with Crippen LogP contribution in [0.4, 0.5) is 0 Å². The van der Waals surface area contributed by atoms with E-state index < -0.39 is 0 Å². The molecule has 2 nitrogen and oxygen atoms in total. The Morgan fingerprint density at radius 2 is 1.71 bits per heavy atom. The second-order valence-corrected chi connectivity index (χ2v) is 9.05. The standard InChI is InChI=1S/C19H30O2/c1-18-10-9-16-14(15(18)7-8-17(18)21)6-4-12-3-5-13(20)11-19(12,16)2/h12,14-17,21H,3-11H2,1-2H3/t12-,14+,15+,16+,17-,18+,19+/m1/s1. The zero-order valence-electron chi connectivity index (χ0n) is 13.6. The molecule has 0 aromatic carbocycles. The smallest absolute Gasteiger partial charge is 0.133 e. The number of ketones is 1. The fraction of sp³-hybridized carbons (Fsp3) is 0.947. The molecule has 4 aliphatic carbocycles. The highest BCUT2D eigenvalue weighted by molar-refractivity contribution is 5.80. The van der Waals surface area contributed by atoms with Gasteiger partial charge in [0, 0.05) is 12.8 Å². The first kappa shape index (κ1) is 14.2. The number of aliphatic hydroxyl groups excluding tert-OH is 1. The van der Waals surface area contributed by atoms with E-state index >= 15 is 0 Å². The van der Waals surface area contributed by atoms with Crippen LogP contribution in [0.25, 0.3) is 0 Å². The summed E-state index contributed by atoms with van der Waals surface area (Å²) in [5, 5.41) is 10.5. The van der Waals surface area contributed by atoms with E-state index in [-0.39, 0.29) is 16.9 Å². The molecule has 0 amide bonds. The lowest BCUT2D eigenvalue weighted by atomic mass is 9.45. The number of aliphatic hydroxyl groups is 1. The van der Waals surface area contributed by atoms with Gasteiger partial charge in [-0.05, 0) is 79.4 Å². The molecule has 0 aromatic rings. The molecule has 0 aromatic heterocycles. The maximum absolute atomic E-state index is 12.1. The average Bonchev–Trinajstić information content (AvgIpc) is 2.74. The van der Waals surface area contributed by atoms with Crippen molar-refractivity contribution in [3.63, 3.8) is 0 Å². The topological polar surface area (TPSA) is 37.3 Å². The van der Waals surface area contributed by atoms with Gasteiger partial charge < -0.3 is 5.11 Å². The minimum absolute atomic E-state index is 0.0815. The molecule has 0 bridgehead atoms. The third-order valence-corrected chi connectivity index (χ3v) is 8.36. The third kappa shape index (κ3) is 1.84. The van der Waals surface area contributed by atoms with Gasteiger partial charge in [-0.25, -0.2) is 0 Å². The van der Waals surface area contributed by atoms with E-state index in [4.69, 9.17) is 0 Å². The predicted octanol–water partition coefficient (Wildman–Crippen LogP) is 3.96. The van der Waals surface area contributed by atoms with E-state index in [1.807, 2.05) is 0 Å². The zero-order chi connectivity index (χ0) is 14.8. The van der Waals surface area contributed by atoms with Crippen molar-refractivity contribution in [2.24, 2.45) is 34.5 Å². The fourth-order valence-corrected chi connectivity index (χ4v) is 7.11. The molecule has 0 aliphatic heterocycles. The Morgan fingerprint density at radius 1 is 0.952 bits per heavy atom. The van der Waals surface area contributed by atoms with Gasteiger partial charge in [0.1, 0.15) is 5.78 Å². The molecule has 4 aliphatic rings. The molecule has 4 saturated carbocycles. The van der Waals surface area contributed by atoms with Crippen LogP contribution in [0, 0.1) is 34.5 Å². The van der Waals surface area contributed by atoms with Gasteiger partial charge in [0.25, 0.3) is 0 Å². The fourth-order valence-electron chi connectivity index (χ4n) is 7.11. The molecule has 0 saturated heterocycles. The van der Waals surface area contributed by atoms with Gasteiger partial charge in [-0.1, -0.05) is 13.8 Å². The monoisotopic (exact) mass is 290 g/mol. The second-order valence-electron chi connectivity index (χ2n) is 9.05. The van der Waals surface area contributed by atoms with Crippen LogP contribution in [-0.4, -0.2) is 17.0 Å². The largest absolute Gasteiger partial charge is 0.393 e. The number of Topliss-reactive ketones (excluding diaryl/α,β-unsaturated/α-hetero) is 1. The lowest BCUT2D eigenvalue weighted by Gasteiger charge is -2.59. The Bertz CT molecular complexity index is 458. The Balaban J connectivity index is 1.66. The van der Waals surface area contributed by atoms with E-state index in [0.29, 0.717) is 11.7 Å². The van der Waals surface area contributed by atoms with Crippen LogP contribution < -0.4 is 0 Å². The highest BCUT2D eigenvalue weighted by Crippen LogP contribution is 2.65. The summed E-state index contributed by atoms with van der Waals surface area (Å²) in [5.41, 5.74) is 0.441. The van der Waals surface area contributed by atoms with Crippen LogP contribution in [0.2, 0.25) is 0 Å². The Morgan fingerprint density at radius 3 is 2.52 bits per heavy atom. The molecule has 21 heavy (non-hydrogen) atoms. The summed E-state index contributed by atoms with van der Waals surface area (Å²) in [6, 6.07) is 0. The van der Waals surface area contributed by atoms with Crippen LogP contribution in [0.5, 0.6) is 0 Å². The van der Waals surface area contributed by atoms with E-state index in [9.17, 15) is 9.90 Å². The third-order valence-electron chi connectivity index (χ3n) is 8.36. The van der Waals surface area contributed by atoms with E-state index in [1.54, 1.807) is 0 Å². The lowest BCUT2D eigenvalue weighted by Crippen LogP contribution is -2.54. The highest BCUT2D eigenvalue weighted by atomic mass is 16.3. The van der Waals surface area contributed by atoms with Gasteiger partial charge in [0.2, 0.25) is 0 Å². The summed E-state index contributed by atoms with van der Waals surface area (Å²) >= 11 is 0. The molecule has 1 N–H and O–H groups in total. The van der Waals surface area contributed by atoms with E-state index in [1.165, 1.54) is 32.1 Å². The molecule has 118 valence electrons. The van der Waals surface area contributed by atoms with Gasteiger partial charge in [-0.2, -0.15) is 0 Å². The Labute approximate surface area is 128 Å². The Kier molecular flexibility index (Phi) is 3.10. The lowest BCUT2D eigenvalue weighted by molar-refractivity contribution is -0.144. The second kappa shape index (κ2) is 4.57. The summed E-state index contributed by atoms with van der Waals surface area (Å²) in [6.45, 7) is 4.77. The SMILES string of the molecule is C[C@]12CC(=O)CC[C@@H]1CC[C@@H]1[C@@H]2CC[C@]2(C)[C@H](O)CC[C@@H]12. The normalized spacial score (nSPS) is 56.5. The van der Waals surface area contributed by atoms with Crippen molar-refractivity contribution in [1.29, 1.82) is 0 Å². The summed E-state index contributed by atoms with van der Waals surface area (Å²) < 4.78 is 0.